The number of hydrogen-bond acceptors (Lipinski definition) is 5. The fourth-order valence-electron chi connectivity index (χ4n) is 9.78. The Hall–Kier alpha value is -7.05. The first-order valence-electron chi connectivity index (χ1n) is 20.4. The van der Waals surface area contributed by atoms with Crippen LogP contribution < -0.4 is 4.90 Å². The largest absolute Gasteiger partial charge is 0.506 e. The van der Waals surface area contributed by atoms with E-state index in [2.05, 4.69) is 135 Å². The summed E-state index contributed by atoms with van der Waals surface area (Å²) in [6.45, 7) is 13.1. The van der Waals surface area contributed by atoms with Gasteiger partial charge in [-0.05, 0) is 122 Å². The predicted octanol–water partition coefficient (Wildman–Crippen LogP) is 12.9. The molecule has 6 aromatic carbocycles. The molecule has 294 valence electrons. The molecule has 10 rings (SSSR count). The topological polar surface area (TPSA) is 90.2 Å². The van der Waals surface area contributed by atoms with Gasteiger partial charge in [-0.1, -0.05) is 120 Å². The second-order valence-electron chi connectivity index (χ2n) is 17.9. The summed E-state index contributed by atoms with van der Waals surface area (Å²) in [5.74, 6) is -1.36. The van der Waals surface area contributed by atoms with Gasteiger partial charge in [-0.25, -0.2) is 4.79 Å². The van der Waals surface area contributed by atoms with Crippen LogP contribution in [0.15, 0.2) is 161 Å². The molecule has 2 N–H and O–H groups in total. The molecule has 0 saturated heterocycles. The summed E-state index contributed by atoms with van der Waals surface area (Å²) in [5, 5.41) is 20.6. The molecule has 0 saturated carbocycles. The van der Waals surface area contributed by atoms with E-state index in [0.29, 0.717) is 11.4 Å². The van der Waals surface area contributed by atoms with Crippen LogP contribution in [0.3, 0.4) is 0 Å². The van der Waals surface area contributed by atoms with Crippen molar-refractivity contribution in [1.82, 2.24) is 0 Å². The van der Waals surface area contributed by atoms with E-state index in [1.807, 2.05) is 32.1 Å². The highest BCUT2D eigenvalue weighted by atomic mass is 16.4. The molecule has 1 aliphatic heterocycles. The Balaban J connectivity index is 0.979. The van der Waals surface area contributed by atoms with Gasteiger partial charge in [-0.3, -0.25) is 9.79 Å². The standard InChI is InChI=1S/C54H44N2O4/c1-52(2)42-13-9-7-11-36(42)38-24-21-34(28-44(38)52)56(35-22-25-39-37-12-8-10-14-43(37)53(3,4)45(39)29-35)33-19-15-31(16-20-33)17-23-40-49(57)41(50(40)58)30-48-54(5,6)46-27-32(51(59)60)18-26-47(46)55-48/h7-30,57H,1-6H3,(H,59,60)/b23-17+,41-30+. The molecule has 0 amide bonds. The molecular formula is C54H44N2O4. The molecule has 0 aromatic heterocycles. The van der Waals surface area contributed by atoms with Gasteiger partial charge in [-0.2, -0.15) is 0 Å². The molecule has 6 aromatic rings. The van der Waals surface area contributed by atoms with Crippen molar-refractivity contribution in [2.24, 2.45) is 4.99 Å². The van der Waals surface area contributed by atoms with E-state index >= 15 is 0 Å². The number of aliphatic hydroxyl groups excluding tert-OH is 1. The molecule has 0 spiro atoms. The van der Waals surface area contributed by atoms with Crippen molar-refractivity contribution < 1.29 is 19.8 Å². The van der Waals surface area contributed by atoms with E-state index in [1.165, 1.54) is 50.6 Å². The van der Waals surface area contributed by atoms with Crippen LogP contribution in [0.4, 0.5) is 22.7 Å². The summed E-state index contributed by atoms with van der Waals surface area (Å²) in [4.78, 5) is 32.0. The summed E-state index contributed by atoms with van der Waals surface area (Å²) in [6.07, 6.45) is 5.13. The fourth-order valence-corrected chi connectivity index (χ4v) is 9.78. The lowest BCUT2D eigenvalue weighted by molar-refractivity contribution is -0.113. The van der Waals surface area contributed by atoms with Gasteiger partial charge in [0.15, 0.2) is 0 Å². The number of aliphatic hydroxyl groups is 1. The maximum atomic E-state index is 13.4. The van der Waals surface area contributed by atoms with E-state index in [9.17, 15) is 19.8 Å². The number of allylic oxidation sites excluding steroid dienone is 4. The molecule has 60 heavy (non-hydrogen) atoms. The van der Waals surface area contributed by atoms with Gasteiger partial charge in [0.05, 0.1) is 28.1 Å². The van der Waals surface area contributed by atoms with Gasteiger partial charge in [0.25, 0.3) is 0 Å². The number of carbonyl (C=O) groups excluding carboxylic acids is 1. The molecule has 6 nitrogen and oxygen atoms in total. The van der Waals surface area contributed by atoms with Gasteiger partial charge < -0.3 is 15.1 Å². The molecule has 0 bridgehead atoms. The van der Waals surface area contributed by atoms with Crippen LogP contribution in [0.5, 0.6) is 0 Å². The number of carboxylic acids is 1. The lowest BCUT2D eigenvalue weighted by atomic mass is 9.78. The van der Waals surface area contributed by atoms with E-state index in [-0.39, 0.29) is 39.1 Å². The van der Waals surface area contributed by atoms with Crippen LogP contribution in [-0.4, -0.2) is 27.7 Å². The molecule has 3 aliphatic carbocycles. The van der Waals surface area contributed by atoms with E-state index < -0.39 is 11.4 Å². The minimum atomic E-state index is -1.01. The second-order valence-corrected chi connectivity index (χ2v) is 17.9. The number of hydrogen-bond donors (Lipinski definition) is 2. The van der Waals surface area contributed by atoms with Crippen LogP contribution in [0.25, 0.3) is 28.3 Å². The van der Waals surface area contributed by atoms with Crippen molar-refractivity contribution >= 4 is 46.3 Å². The van der Waals surface area contributed by atoms with E-state index in [1.54, 1.807) is 24.3 Å². The Morgan fingerprint density at radius 3 is 1.67 bits per heavy atom. The van der Waals surface area contributed by atoms with E-state index in [0.717, 1.165) is 28.2 Å². The maximum absolute atomic E-state index is 13.4. The maximum Gasteiger partial charge on any atom is 0.335 e. The second kappa shape index (κ2) is 13.0. The Morgan fingerprint density at radius 2 is 1.12 bits per heavy atom. The van der Waals surface area contributed by atoms with Crippen LogP contribution >= 0.6 is 0 Å². The number of benzene rings is 6. The third-order valence-corrected chi connectivity index (χ3v) is 13.3. The lowest BCUT2D eigenvalue weighted by Crippen LogP contribution is -2.28. The SMILES string of the molecule is CC1(C)C(/C=C2/C(=O)C(/C=C/c3ccc(N(c4ccc5c(c4)C(C)(C)c4ccccc4-5)c4ccc5c(c4)C(C)(C)c4ccccc4-5)cc3)=C2O)=Nc2ccc(C(=O)O)cc21. The van der Waals surface area contributed by atoms with Crippen LogP contribution in [-0.2, 0) is 21.0 Å². The molecule has 0 unspecified atom stereocenters. The summed E-state index contributed by atoms with van der Waals surface area (Å²) in [7, 11) is 0. The Labute approximate surface area is 350 Å². The third kappa shape index (κ3) is 5.43. The molecule has 4 aliphatic rings. The minimum Gasteiger partial charge on any atom is -0.506 e. The van der Waals surface area contributed by atoms with Gasteiger partial charge >= 0.3 is 5.97 Å². The average Bonchev–Trinajstić information content (AvgIpc) is 3.74. The molecule has 0 fully saturated rings. The van der Waals surface area contributed by atoms with Crippen molar-refractivity contribution in [3.05, 3.63) is 195 Å². The number of fused-ring (bicyclic) bond motifs is 7. The normalized spacial score (nSPS) is 17.8. The number of carboxylic acid groups (broad SMARTS) is 1. The van der Waals surface area contributed by atoms with Crippen molar-refractivity contribution in [1.29, 1.82) is 0 Å². The van der Waals surface area contributed by atoms with E-state index in [4.69, 9.17) is 0 Å². The first-order valence-corrected chi connectivity index (χ1v) is 20.4. The Morgan fingerprint density at radius 1 is 0.583 bits per heavy atom. The minimum absolute atomic E-state index is 0.0805. The quantitative estimate of drug-likeness (QED) is 0.157. The van der Waals surface area contributed by atoms with Gasteiger partial charge in [0, 0.05) is 33.3 Å². The fraction of sp³-hybridized carbons (Fsp3) is 0.167. The van der Waals surface area contributed by atoms with Crippen LogP contribution in [0, 0.1) is 0 Å². The zero-order chi connectivity index (χ0) is 41.9. The number of ketones is 1. The van der Waals surface area contributed by atoms with Gasteiger partial charge in [0.2, 0.25) is 5.78 Å². The van der Waals surface area contributed by atoms with Crippen molar-refractivity contribution in [2.45, 2.75) is 57.8 Å². The lowest BCUT2D eigenvalue weighted by Gasteiger charge is -2.29. The Bertz CT molecular complexity index is 2900. The Kier molecular flexibility index (Phi) is 8.05. The summed E-state index contributed by atoms with van der Waals surface area (Å²) >= 11 is 0. The molecule has 0 radical (unpaired) electrons. The number of nitrogens with zero attached hydrogens (tertiary/aromatic N) is 2. The highest BCUT2D eigenvalue weighted by molar-refractivity contribution is 6.25. The zero-order valence-corrected chi connectivity index (χ0v) is 34.5. The smallest absolute Gasteiger partial charge is 0.335 e. The number of aliphatic imine (C=N–C) groups is 1. The summed E-state index contributed by atoms with van der Waals surface area (Å²) in [5.41, 5.74) is 16.1. The molecule has 1 heterocycles. The third-order valence-electron chi connectivity index (χ3n) is 13.3. The monoisotopic (exact) mass is 784 g/mol. The highest BCUT2D eigenvalue weighted by Crippen LogP contribution is 2.53. The summed E-state index contributed by atoms with van der Waals surface area (Å²) < 4.78 is 0. The number of Topliss-reactive ketones (excluding diaryl/α,β-unsaturated/α-hetero) is 1. The van der Waals surface area contributed by atoms with Crippen molar-refractivity contribution in [3.8, 4) is 22.3 Å². The van der Waals surface area contributed by atoms with Crippen molar-refractivity contribution in [3.63, 3.8) is 0 Å². The first kappa shape index (κ1) is 37.2. The first-order chi connectivity index (χ1) is 28.7. The zero-order valence-electron chi connectivity index (χ0n) is 34.5. The molecular weight excluding hydrogens is 741 g/mol. The average molecular weight is 785 g/mol. The molecule has 0 atom stereocenters. The van der Waals surface area contributed by atoms with Crippen LogP contribution in [0.1, 0.15) is 85.3 Å². The highest BCUT2D eigenvalue weighted by Gasteiger charge is 2.40. The number of aromatic carboxylic acids is 1. The van der Waals surface area contributed by atoms with Crippen LogP contribution in [0.2, 0.25) is 0 Å². The number of carbonyl (C=O) groups is 2. The summed E-state index contributed by atoms with van der Waals surface area (Å²) in [6, 6.07) is 44.2. The molecule has 6 heteroatoms. The number of anilines is 3. The van der Waals surface area contributed by atoms with Gasteiger partial charge in [0.1, 0.15) is 5.76 Å². The predicted molar refractivity (Wildman–Crippen MR) is 242 cm³/mol. The number of rotatable bonds is 7. The van der Waals surface area contributed by atoms with Crippen molar-refractivity contribution in [2.75, 3.05) is 4.90 Å². The van der Waals surface area contributed by atoms with Gasteiger partial charge in [-0.15, -0.1) is 0 Å².